The zero-order valence-electron chi connectivity index (χ0n) is 12.2. The standard InChI is InChI=1S/C16H24BrNO3/c17-12-5-4-6-14(9-12)21-11-13(19)10-18-15-7-2-1-3-8-16(15)20/h4-6,9,13,15-16,18-20H,1-3,7-8,10-11H2. The van der Waals surface area contributed by atoms with Gasteiger partial charge in [-0.2, -0.15) is 0 Å². The summed E-state index contributed by atoms with van der Waals surface area (Å²) in [5, 5.41) is 23.3. The molecule has 1 aliphatic carbocycles. The van der Waals surface area contributed by atoms with E-state index in [1.54, 1.807) is 0 Å². The number of aliphatic hydroxyl groups is 2. The summed E-state index contributed by atoms with van der Waals surface area (Å²) in [5.41, 5.74) is 0. The molecule has 0 bridgehead atoms. The van der Waals surface area contributed by atoms with Crippen molar-refractivity contribution in [2.75, 3.05) is 13.2 Å². The van der Waals surface area contributed by atoms with E-state index in [0.29, 0.717) is 6.54 Å². The first-order valence-electron chi connectivity index (χ1n) is 7.63. The number of hydrogen-bond acceptors (Lipinski definition) is 4. The third kappa shape index (κ3) is 5.94. The molecule has 1 fully saturated rings. The Balaban J connectivity index is 1.70. The van der Waals surface area contributed by atoms with Crippen molar-refractivity contribution in [3.05, 3.63) is 28.7 Å². The van der Waals surface area contributed by atoms with Gasteiger partial charge in [0.15, 0.2) is 0 Å². The molecule has 21 heavy (non-hydrogen) atoms. The van der Waals surface area contributed by atoms with Crippen molar-refractivity contribution in [3.8, 4) is 5.75 Å². The van der Waals surface area contributed by atoms with Crippen LogP contribution in [0.4, 0.5) is 0 Å². The van der Waals surface area contributed by atoms with Crippen LogP contribution in [0.15, 0.2) is 28.7 Å². The minimum absolute atomic E-state index is 0.0908. The molecule has 0 aliphatic heterocycles. The normalized spacial score (nSPS) is 24.3. The van der Waals surface area contributed by atoms with Crippen LogP contribution in [0.2, 0.25) is 0 Å². The van der Waals surface area contributed by atoms with Crippen molar-refractivity contribution in [1.29, 1.82) is 0 Å². The summed E-state index contributed by atoms with van der Waals surface area (Å²) >= 11 is 3.38. The molecule has 0 amide bonds. The lowest BCUT2D eigenvalue weighted by Crippen LogP contribution is -2.44. The first-order chi connectivity index (χ1) is 10.1. The van der Waals surface area contributed by atoms with Crippen LogP contribution in [0, 0.1) is 0 Å². The molecule has 1 saturated carbocycles. The van der Waals surface area contributed by atoms with Crippen LogP contribution in [0.5, 0.6) is 5.75 Å². The molecule has 118 valence electrons. The lowest BCUT2D eigenvalue weighted by atomic mass is 10.1. The quantitative estimate of drug-likeness (QED) is 0.684. The molecule has 2 rings (SSSR count). The molecule has 1 aliphatic rings. The molecule has 3 atom stereocenters. The molecule has 0 spiro atoms. The van der Waals surface area contributed by atoms with Gasteiger partial charge in [-0.1, -0.05) is 41.3 Å². The van der Waals surface area contributed by atoms with E-state index >= 15 is 0 Å². The monoisotopic (exact) mass is 357 g/mol. The Morgan fingerprint density at radius 1 is 1.29 bits per heavy atom. The zero-order valence-corrected chi connectivity index (χ0v) is 13.8. The number of benzene rings is 1. The van der Waals surface area contributed by atoms with Crippen molar-refractivity contribution >= 4 is 15.9 Å². The van der Waals surface area contributed by atoms with Crippen LogP contribution in [0.3, 0.4) is 0 Å². The topological polar surface area (TPSA) is 61.7 Å². The maximum absolute atomic E-state index is 10.0. The van der Waals surface area contributed by atoms with Gasteiger partial charge in [0.1, 0.15) is 18.5 Å². The molecule has 4 nitrogen and oxygen atoms in total. The molecular weight excluding hydrogens is 334 g/mol. The number of aliphatic hydroxyl groups excluding tert-OH is 2. The summed E-state index contributed by atoms with van der Waals surface area (Å²) in [7, 11) is 0. The first kappa shape index (κ1) is 16.7. The average molecular weight is 358 g/mol. The predicted molar refractivity (Wildman–Crippen MR) is 86.5 cm³/mol. The Hall–Kier alpha value is -0.620. The number of rotatable bonds is 6. The summed E-state index contributed by atoms with van der Waals surface area (Å²) in [4.78, 5) is 0. The van der Waals surface area contributed by atoms with Crippen LogP contribution in [-0.4, -0.2) is 41.6 Å². The van der Waals surface area contributed by atoms with E-state index in [1.165, 1.54) is 6.42 Å². The highest BCUT2D eigenvalue weighted by Gasteiger charge is 2.21. The summed E-state index contributed by atoms with van der Waals surface area (Å²) in [6, 6.07) is 7.65. The Morgan fingerprint density at radius 3 is 2.90 bits per heavy atom. The summed E-state index contributed by atoms with van der Waals surface area (Å²) in [6.45, 7) is 0.683. The van der Waals surface area contributed by atoms with E-state index in [1.807, 2.05) is 24.3 Å². The molecule has 1 aromatic carbocycles. The van der Waals surface area contributed by atoms with Gasteiger partial charge in [-0.25, -0.2) is 0 Å². The van der Waals surface area contributed by atoms with E-state index in [0.717, 1.165) is 35.9 Å². The highest BCUT2D eigenvalue weighted by atomic mass is 79.9. The van der Waals surface area contributed by atoms with Gasteiger partial charge in [-0.15, -0.1) is 0 Å². The van der Waals surface area contributed by atoms with Gasteiger partial charge in [0.05, 0.1) is 6.10 Å². The van der Waals surface area contributed by atoms with E-state index < -0.39 is 6.10 Å². The molecule has 5 heteroatoms. The molecule has 1 aromatic rings. The number of ether oxygens (including phenoxy) is 1. The molecule has 0 saturated heterocycles. The zero-order chi connectivity index (χ0) is 15.1. The fraction of sp³-hybridized carbons (Fsp3) is 0.625. The fourth-order valence-electron chi connectivity index (χ4n) is 2.62. The van der Waals surface area contributed by atoms with E-state index in [-0.39, 0.29) is 18.8 Å². The van der Waals surface area contributed by atoms with Gasteiger partial charge < -0.3 is 20.3 Å². The SMILES string of the molecule is OC(CNC1CCCCCC1O)COc1cccc(Br)c1. The predicted octanol–water partition coefficient (Wildman–Crippen LogP) is 2.47. The maximum Gasteiger partial charge on any atom is 0.120 e. The third-order valence-corrected chi connectivity index (χ3v) is 4.33. The number of nitrogens with one attached hydrogen (secondary N) is 1. The smallest absolute Gasteiger partial charge is 0.120 e. The van der Waals surface area contributed by atoms with Gasteiger partial charge >= 0.3 is 0 Å². The molecule has 0 radical (unpaired) electrons. The molecular formula is C16H24BrNO3. The fourth-order valence-corrected chi connectivity index (χ4v) is 3.00. The molecule has 3 N–H and O–H groups in total. The number of halogens is 1. The van der Waals surface area contributed by atoms with Gasteiger partial charge in [0, 0.05) is 17.1 Å². The maximum atomic E-state index is 10.0. The summed E-state index contributed by atoms with van der Waals surface area (Å²) < 4.78 is 6.51. The van der Waals surface area contributed by atoms with E-state index in [9.17, 15) is 10.2 Å². The van der Waals surface area contributed by atoms with Gasteiger partial charge in [-0.05, 0) is 31.0 Å². The summed E-state index contributed by atoms with van der Waals surface area (Å²) in [5.74, 6) is 0.734. The Kier molecular flexibility index (Phi) is 6.96. The van der Waals surface area contributed by atoms with E-state index in [4.69, 9.17) is 4.74 Å². The van der Waals surface area contributed by atoms with E-state index in [2.05, 4.69) is 21.2 Å². The van der Waals surface area contributed by atoms with Crippen LogP contribution in [0.25, 0.3) is 0 Å². The average Bonchev–Trinajstić information content (AvgIpc) is 2.67. The Morgan fingerprint density at radius 2 is 2.10 bits per heavy atom. The van der Waals surface area contributed by atoms with Crippen molar-refractivity contribution in [3.63, 3.8) is 0 Å². The largest absolute Gasteiger partial charge is 0.491 e. The van der Waals surface area contributed by atoms with Gasteiger partial charge in [-0.3, -0.25) is 0 Å². The van der Waals surface area contributed by atoms with Crippen molar-refractivity contribution < 1.29 is 14.9 Å². The minimum atomic E-state index is -0.584. The lowest BCUT2D eigenvalue weighted by Gasteiger charge is -2.23. The lowest BCUT2D eigenvalue weighted by molar-refractivity contribution is 0.0820. The van der Waals surface area contributed by atoms with Crippen molar-refractivity contribution in [1.82, 2.24) is 5.32 Å². The highest BCUT2D eigenvalue weighted by molar-refractivity contribution is 9.10. The minimum Gasteiger partial charge on any atom is -0.491 e. The summed E-state index contributed by atoms with van der Waals surface area (Å²) in [6.07, 6.45) is 4.35. The van der Waals surface area contributed by atoms with Gasteiger partial charge in [0.25, 0.3) is 0 Å². The molecule has 0 aromatic heterocycles. The van der Waals surface area contributed by atoms with Crippen molar-refractivity contribution in [2.24, 2.45) is 0 Å². The van der Waals surface area contributed by atoms with Crippen LogP contribution in [0.1, 0.15) is 32.1 Å². The van der Waals surface area contributed by atoms with Crippen LogP contribution < -0.4 is 10.1 Å². The second kappa shape index (κ2) is 8.73. The second-order valence-corrected chi connectivity index (χ2v) is 6.56. The third-order valence-electron chi connectivity index (χ3n) is 3.83. The second-order valence-electron chi connectivity index (χ2n) is 5.64. The highest BCUT2D eigenvalue weighted by Crippen LogP contribution is 2.19. The Bertz CT molecular complexity index is 430. The molecule has 3 unspecified atom stereocenters. The number of hydrogen-bond donors (Lipinski definition) is 3. The first-order valence-corrected chi connectivity index (χ1v) is 8.42. The Labute approximate surface area is 134 Å². The van der Waals surface area contributed by atoms with Crippen molar-refractivity contribution in [2.45, 2.75) is 50.4 Å². The van der Waals surface area contributed by atoms with Gasteiger partial charge in [0.2, 0.25) is 0 Å². The van der Waals surface area contributed by atoms with Crippen LogP contribution in [-0.2, 0) is 0 Å². The van der Waals surface area contributed by atoms with Crippen LogP contribution >= 0.6 is 15.9 Å². The molecule has 0 heterocycles.